The van der Waals surface area contributed by atoms with E-state index in [9.17, 15) is 9.59 Å². The Kier molecular flexibility index (Phi) is 4.86. The van der Waals surface area contributed by atoms with Crippen LogP contribution in [0.5, 0.6) is 0 Å². The molecule has 0 spiro atoms. The average molecular weight is 282 g/mol. The van der Waals surface area contributed by atoms with Gasteiger partial charge in [-0.2, -0.15) is 0 Å². The SMILES string of the molecule is Cc1cnc(CNC(=O)C(=O)N2CCCNCC2)s1. The van der Waals surface area contributed by atoms with Crippen LogP contribution in [0.3, 0.4) is 0 Å². The molecule has 1 aliphatic heterocycles. The molecule has 0 aliphatic carbocycles. The number of aromatic nitrogens is 1. The smallest absolute Gasteiger partial charge is 0.311 e. The number of rotatable bonds is 2. The molecule has 104 valence electrons. The summed E-state index contributed by atoms with van der Waals surface area (Å²) < 4.78 is 0. The van der Waals surface area contributed by atoms with Crippen molar-refractivity contribution in [3.8, 4) is 0 Å². The summed E-state index contributed by atoms with van der Waals surface area (Å²) in [5.41, 5.74) is 0. The highest BCUT2D eigenvalue weighted by Crippen LogP contribution is 2.10. The standard InChI is InChI=1S/C12H18N4O2S/c1-9-7-14-10(19-9)8-15-11(17)12(18)16-5-2-3-13-4-6-16/h7,13H,2-6,8H2,1H3,(H,15,17). The first kappa shape index (κ1) is 14.0. The molecule has 0 bridgehead atoms. The minimum Gasteiger partial charge on any atom is -0.341 e. The van der Waals surface area contributed by atoms with Crippen molar-refractivity contribution in [3.63, 3.8) is 0 Å². The highest BCUT2D eigenvalue weighted by molar-refractivity contribution is 7.11. The zero-order valence-electron chi connectivity index (χ0n) is 10.9. The fourth-order valence-corrected chi connectivity index (χ4v) is 2.63. The van der Waals surface area contributed by atoms with Crippen LogP contribution >= 0.6 is 11.3 Å². The van der Waals surface area contributed by atoms with Crippen LogP contribution in [0, 0.1) is 6.92 Å². The van der Waals surface area contributed by atoms with Crippen LogP contribution in [-0.4, -0.2) is 47.9 Å². The molecule has 19 heavy (non-hydrogen) atoms. The van der Waals surface area contributed by atoms with Crippen molar-refractivity contribution in [1.29, 1.82) is 0 Å². The highest BCUT2D eigenvalue weighted by Gasteiger charge is 2.22. The first-order valence-electron chi connectivity index (χ1n) is 6.36. The van der Waals surface area contributed by atoms with Gasteiger partial charge in [0.2, 0.25) is 0 Å². The van der Waals surface area contributed by atoms with Gasteiger partial charge < -0.3 is 15.5 Å². The molecule has 2 rings (SSSR count). The van der Waals surface area contributed by atoms with Gasteiger partial charge in [0, 0.05) is 30.7 Å². The molecule has 2 amide bonds. The summed E-state index contributed by atoms with van der Waals surface area (Å²) >= 11 is 1.52. The highest BCUT2D eigenvalue weighted by atomic mass is 32.1. The molecule has 0 unspecified atom stereocenters. The normalized spacial score (nSPS) is 15.9. The van der Waals surface area contributed by atoms with Gasteiger partial charge in [-0.25, -0.2) is 4.98 Å². The third-order valence-electron chi connectivity index (χ3n) is 2.89. The maximum absolute atomic E-state index is 11.9. The molecular weight excluding hydrogens is 264 g/mol. The zero-order chi connectivity index (χ0) is 13.7. The molecule has 6 nitrogen and oxygen atoms in total. The van der Waals surface area contributed by atoms with Gasteiger partial charge >= 0.3 is 11.8 Å². The fraction of sp³-hybridized carbons (Fsp3) is 0.583. The van der Waals surface area contributed by atoms with Crippen LogP contribution in [0.2, 0.25) is 0 Å². The maximum Gasteiger partial charge on any atom is 0.311 e. The number of carbonyl (C=O) groups is 2. The summed E-state index contributed by atoms with van der Waals surface area (Å²) in [6.45, 7) is 5.13. The topological polar surface area (TPSA) is 74.3 Å². The molecule has 1 fully saturated rings. The van der Waals surface area contributed by atoms with Gasteiger partial charge in [0.1, 0.15) is 5.01 Å². The minimum absolute atomic E-state index is 0.315. The molecule has 1 aromatic heterocycles. The number of aryl methyl sites for hydroxylation is 1. The van der Waals surface area contributed by atoms with Gasteiger partial charge in [-0.15, -0.1) is 11.3 Å². The average Bonchev–Trinajstić information content (AvgIpc) is 2.67. The molecule has 1 aliphatic rings. The van der Waals surface area contributed by atoms with Crippen molar-refractivity contribution >= 4 is 23.2 Å². The van der Waals surface area contributed by atoms with Gasteiger partial charge in [-0.05, 0) is 19.9 Å². The van der Waals surface area contributed by atoms with E-state index in [0.29, 0.717) is 19.6 Å². The number of nitrogens with zero attached hydrogens (tertiary/aromatic N) is 2. The Bertz CT molecular complexity index is 452. The maximum atomic E-state index is 11.9. The lowest BCUT2D eigenvalue weighted by Gasteiger charge is -2.18. The fourth-order valence-electron chi connectivity index (χ4n) is 1.91. The second-order valence-electron chi connectivity index (χ2n) is 4.44. The predicted molar refractivity (Wildman–Crippen MR) is 72.8 cm³/mol. The van der Waals surface area contributed by atoms with Gasteiger partial charge in [-0.1, -0.05) is 0 Å². The number of hydrogen-bond acceptors (Lipinski definition) is 5. The summed E-state index contributed by atoms with van der Waals surface area (Å²) in [4.78, 5) is 30.6. The lowest BCUT2D eigenvalue weighted by molar-refractivity contribution is -0.145. The quantitative estimate of drug-likeness (QED) is 0.742. The minimum atomic E-state index is -0.547. The molecule has 0 radical (unpaired) electrons. The van der Waals surface area contributed by atoms with Gasteiger partial charge in [0.25, 0.3) is 0 Å². The van der Waals surface area contributed by atoms with E-state index in [2.05, 4.69) is 15.6 Å². The molecule has 0 atom stereocenters. The zero-order valence-corrected chi connectivity index (χ0v) is 11.8. The van der Waals surface area contributed by atoms with Crippen LogP contribution in [-0.2, 0) is 16.1 Å². The van der Waals surface area contributed by atoms with E-state index in [0.717, 1.165) is 29.4 Å². The number of nitrogens with one attached hydrogen (secondary N) is 2. The third kappa shape index (κ3) is 4.00. The molecule has 2 heterocycles. The van der Waals surface area contributed by atoms with E-state index in [1.54, 1.807) is 11.1 Å². The summed E-state index contributed by atoms with van der Waals surface area (Å²) in [6.07, 6.45) is 2.64. The summed E-state index contributed by atoms with van der Waals surface area (Å²) in [5.74, 6) is -0.994. The summed E-state index contributed by atoms with van der Waals surface area (Å²) in [6, 6.07) is 0. The van der Waals surface area contributed by atoms with E-state index < -0.39 is 11.8 Å². The van der Waals surface area contributed by atoms with E-state index in [-0.39, 0.29) is 0 Å². The summed E-state index contributed by atoms with van der Waals surface area (Å²) in [7, 11) is 0. The Labute approximate surface area is 116 Å². The van der Waals surface area contributed by atoms with Crippen molar-refractivity contribution in [2.75, 3.05) is 26.2 Å². The molecule has 1 aromatic rings. The van der Waals surface area contributed by atoms with Crippen LogP contribution < -0.4 is 10.6 Å². The van der Waals surface area contributed by atoms with Crippen molar-refractivity contribution in [2.45, 2.75) is 19.9 Å². The molecule has 0 aromatic carbocycles. The first-order chi connectivity index (χ1) is 9.16. The van der Waals surface area contributed by atoms with Crippen LogP contribution in [0.15, 0.2) is 6.20 Å². The van der Waals surface area contributed by atoms with E-state index in [4.69, 9.17) is 0 Å². The van der Waals surface area contributed by atoms with Crippen LogP contribution in [0.25, 0.3) is 0 Å². The molecule has 7 heteroatoms. The van der Waals surface area contributed by atoms with Gasteiger partial charge in [0.15, 0.2) is 0 Å². The van der Waals surface area contributed by atoms with Crippen LogP contribution in [0.1, 0.15) is 16.3 Å². The van der Waals surface area contributed by atoms with E-state index in [1.165, 1.54) is 11.3 Å². The molecule has 2 N–H and O–H groups in total. The first-order valence-corrected chi connectivity index (χ1v) is 7.17. The Morgan fingerprint density at radius 1 is 1.47 bits per heavy atom. The largest absolute Gasteiger partial charge is 0.341 e. The number of carbonyl (C=O) groups excluding carboxylic acids is 2. The second kappa shape index (κ2) is 6.63. The second-order valence-corrected chi connectivity index (χ2v) is 5.76. The van der Waals surface area contributed by atoms with Crippen molar-refractivity contribution in [1.82, 2.24) is 20.5 Å². The molecule has 0 saturated carbocycles. The van der Waals surface area contributed by atoms with Gasteiger partial charge in [0.05, 0.1) is 6.54 Å². The van der Waals surface area contributed by atoms with Gasteiger partial charge in [-0.3, -0.25) is 9.59 Å². The molecule has 1 saturated heterocycles. The Hall–Kier alpha value is -1.47. The molecular formula is C12H18N4O2S. The number of amides is 2. The van der Waals surface area contributed by atoms with E-state index in [1.807, 2.05) is 6.92 Å². The van der Waals surface area contributed by atoms with Crippen molar-refractivity contribution < 1.29 is 9.59 Å². The predicted octanol–water partition coefficient (Wildman–Crippen LogP) is -0.110. The monoisotopic (exact) mass is 282 g/mol. The number of thiazole rings is 1. The lowest BCUT2D eigenvalue weighted by Crippen LogP contribution is -2.44. The lowest BCUT2D eigenvalue weighted by atomic mass is 10.3. The Morgan fingerprint density at radius 3 is 3.05 bits per heavy atom. The number of hydrogen-bond donors (Lipinski definition) is 2. The van der Waals surface area contributed by atoms with Crippen molar-refractivity contribution in [2.24, 2.45) is 0 Å². The van der Waals surface area contributed by atoms with Crippen molar-refractivity contribution in [3.05, 3.63) is 16.1 Å². The Morgan fingerprint density at radius 2 is 2.32 bits per heavy atom. The Balaban J connectivity index is 1.83. The van der Waals surface area contributed by atoms with Crippen LogP contribution in [0.4, 0.5) is 0 Å². The third-order valence-corrected chi connectivity index (χ3v) is 3.80. The van der Waals surface area contributed by atoms with E-state index >= 15 is 0 Å². The summed E-state index contributed by atoms with van der Waals surface area (Å²) in [5, 5.41) is 6.64.